The molecule has 0 amide bonds. The molecule has 18 heavy (non-hydrogen) atoms. The summed E-state index contributed by atoms with van der Waals surface area (Å²) in [6.07, 6.45) is 10.4. The molecule has 0 bridgehead atoms. The van der Waals surface area contributed by atoms with Gasteiger partial charge in [0.1, 0.15) is 0 Å². The van der Waals surface area contributed by atoms with E-state index in [-0.39, 0.29) is 0 Å². The first-order chi connectivity index (χ1) is 8.51. The van der Waals surface area contributed by atoms with Crippen LogP contribution < -0.4 is 5.11 Å². The largest absolute Gasteiger partial charge is 0.553 e. The summed E-state index contributed by atoms with van der Waals surface area (Å²) in [5, 5.41) is 9.03. The third-order valence-electron chi connectivity index (χ3n) is 2.96. The van der Waals surface area contributed by atoms with Gasteiger partial charge in [-0.05, 0) is 25.7 Å². The van der Waals surface area contributed by atoms with Gasteiger partial charge < -0.3 is 14.6 Å². The number of carbonyl (C=O) groups is 1. The predicted octanol–water partition coefficient (Wildman–Crippen LogP) is 3.62. The van der Waals surface area contributed by atoms with E-state index in [1.807, 2.05) is 0 Å². The van der Waals surface area contributed by atoms with Crippen molar-refractivity contribution in [2.45, 2.75) is 53.4 Å². The summed E-state index contributed by atoms with van der Waals surface area (Å²) in [7, 11) is 0.541. The lowest BCUT2D eigenvalue weighted by Gasteiger charge is -2.26. The minimum Gasteiger partial charge on any atom is -0.553 e. The van der Waals surface area contributed by atoms with Crippen LogP contribution in [0.3, 0.4) is 0 Å². The maximum absolute atomic E-state index is 9.03. The summed E-state index contributed by atoms with van der Waals surface area (Å²) in [5.41, 5.74) is 0. The number of hydrogen-bond acceptors (Lipinski definition) is 3. The summed E-state index contributed by atoms with van der Waals surface area (Å²) >= 11 is 0. The Balaban J connectivity index is 0. The molecule has 0 saturated carbocycles. The highest BCUT2D eigenvalue weighted by molar-refractivity contribution is 7.75. The van der Waals surface area contributed by atoms with Crippen molar-refractivity contribution < 1.29 is 14.6 Å². The molecule has 3 nitrogen and oxygen atoms in total. The third-order valence-corrected chi connectivity index (χ3v) is 8.54. The van der Waals surface area contributed by atoms with Crippen molar-refractivity contribution in [1.29, 1.82) is 0 Å². The fourth-order valence-electron chi connectivity index (χ4n) is 2.57. The van der Waals surface area contributed by atoms with Gasteiger partial charge in [0.25, 0.3) is 6.16 Å². The number of rotatable bonds is 8. The second-order valence-corrected chi connectivity index (χ2v) is 9.16. The molecule has 0 aromatic rings. The van der Waals surface area contributed by atoms with Gasteiger partial charge in [0.15, 0.2) is 0 Å². The fourth-order valence-corrected chi connectivity index (χ4v) is 7.70. The molecule has 0 heterocycles. The van der Waals surface area contributed by atoms with E-state index in [1.54, 1.807) is 24.6 Å². The van der Waals surface area contributed by atoms with E-state index in [9.17, 15) is 0 Å². The lowest BCUT2D eigenvalue weighted by atomic mass is 10.5. The molecule has 0 fully saturated rings. The Morgan fingerprint density at radius 3 is 1.22 bits per heavy atom. The Morgan fingerprint density at radius 1 is 0.889 bits per heavy atom. The SMILES string of the molecule is CCC[P+](CCC)(CCC)CCC.COC(=O)[O-]. The van der Waals surface area contributed by atoms with Crippen LogP contribution in [0.1, 0.15) is 53.4 Å². The highest BCUT2D eigenvalue weighted by atomic mass is 31.2. The molecule has 0 radical (unpaired) electrons. The van der Waals surface area contributed by atoms with Crippen LogP contribution >= 0.6 is 7.26 Å². The van der Waals surface area contributed by atoms with Gasteiger partial charge in [0.05, 0.1) is 24.6 Å². The van der Waals surface area contributed by atoms with Crippen LogP contribution in [-0.4, -0.2) is 37.9 Å². The molecule has 0 aliphatic carbocycles. The second kappa shape index (κ2) is 13.1. The molecule has 110 valence electrons. The smallest absolute Gasteiger partial charge is 0.251 e. The van der Waals surface area contributed by atoms with Crippen LogP contribution in [0.5, 0.6) is 0 Å². The Bertz CT molecular complexity index is 166. The van der Waals surface area contributed by atoms with Gasteiger partial charge in [-0.2, -0.15) is 0 Å². The molecule has 0 saturated heterocycles. The Labute approximate surface area is 114 Å². The lowest BCUT2D eigenvalue weighted by Crippen LogP contribution is -2.21. The molecular formula is C14H31O3P. The van der Waals surface area contributed by atoms with Gasteiger partial charge in [0, 0.05) is 14.4 Å². The highest BCUT2D eigenvalue weighted by Crippen LogP contribution is 2.60. The normalized spacial score (nSPS) is 10.5. The number of ether oxygens (including phenoxy) is 1. The molecule has 0 aromatic carbocycles. The summed E-state index contributed by atoms with van der Waals surface area (Å²) < 4.78 is 3.56. The van der Waals surface area contributed by atoms with E-state index < -0.39 is 13.4 Å². The quantitative estimate of drug-likeness (QED) is 0.503. The minimum absolute atomic E-state index is 0.496. The molecule has 0 unspecified atom stereocenters. The monoisotopic (exact) mass is 278 g/mol. The first-order valence-electron chi connectivity index (χ1n) is 7.11. The Kier molecular flexibility index (Phi) is 14.6. The molecular weight excluding hydrogens is 247 g/mol. The fraction of sp³-hybridized carbons (Fsp3) is 0.929. The number of carboxylic acid groups (broad SMARTS) is 1. The van der Waals surface area contributed by atoms with Crippen molar-refractivity contribution in [3.63, 3.8) is 0 Å². The maximum atomic E-state index is 9.03. The third kappa shape index (κ3) is 10.8. The zero-order valence-electron chi connectivity index (χ0n) is 12.8. The van der Waals surface area contributed by atoms with Crippen LogP contribution in [-0.2, 0) is 4.74 Å². The summed E-state index contributed by atoms with van der Waals surface area (Å²) in [6, 6.07) is 0. The molecule has 0 rings (SSSR count). The number of methoxy groups -OCH3 is 1. The predicted molar refractivity (Wildman–Crippen MR) is 80.0 cm³/mol. The van der Waals surface area contributed by atoms with Gasteiger partial charge in [-0.25, -0.2) is 0 Å². The number of carbonyl (C=O) groups excluding carboxylic acids is 1. The van der Waals surface area contributed by atoms with Gasteiger partial charge in [-0.15, -0.1) is 0 Å². The van der Waals surface area contributed by atoms with Gasteiger partial charge in [-0.3, -0.25) is 0 Å². The van der Waals surface area contributed by atoms with Gasteiger partial charge >= 0.3 is 0 Å². The summed E-state index contributed by atoms with van der Waals surface area (Å²) in [4.78, 5) is 9.03. The zero-order valence-corrected chi connectivity index (χ0v) is 13.7. The van der Waals surface area contributed by atoms with Crippen molar-refractivity contribution in [2.75, 3.05) is 31.8 Å². The molecule has 0 aliphatic heterocycles. The first kappa shape index (κ1) is 20.0. The van der Waals surface area contributed by atoms with Crippen molar-refractivity contribution in [2.24, 2.45) is 0 Å². The maximum Gasteiger partial charge on any atom is 0.251 e. The topological polar surface area (TPSA) is 49.4 Å². The Hall–Kier alpha value is -0.300. The van der Waals surface area contributed by atoms with Crippen molar-refractivity contribution >= 4 is 13.4 Å². The standard InChI is InChI=1S/C12H28P.C2H4O3/c1-5-9-13(10-6-2,11-7-3)12-8-4;1-5-2(3)4/h5-12H2,1-4H3;1H3,(H,3,4)/q+1;/p-1. The average molecular weight is 278 g/mol. The van der Waals surface area contributed by atoms with Crippen molar-refractivity contribution in [1.82, 2.24) is 0 Å². The molecule has 0 aromatic heterocycles. The Morgan fingerprint density at radius 2 is 1.11 bits per heavy atom. The van der Waals surface area contributed by atoms with E-state index in [1.165, 1.54) is 25.7 Å². The highest BCUT2D eigenvalue weighted by Gasteiger charge is 2.32. The molecule has 0 aliphatic rings. The molecule has 0 N–H and O–H groups in total. The summed E-state index contributed by atoms with van der Waals surface area (Å²) in [6.45, 7) is 9.43. The molecule has 4 heteroatoms. The molecule has 0 atom stereocenters. The molecule has 0 spiro atoms. The van der Waals surface area contributed by atoms with Crippen molar-refractivity contribution in [3.8, 4) is 0 Å². The number of hydrogen-bond donors (Lipinski definition) is 0. The van der Waals surface area contributed by atoms with E-state index in [0.29, 0.717) is 0 Å². The minimum atomic E-state index is -1.50. The van der Waals surface area contributed by atoms with E-state index in [4.69, 9.17) is 9.90 Å². The average Bonchev–Trinajstić information content (AvgIpc) is 2.31. The van der Waals surface area contributed by atoms with Gasteiger partial charge in [-0.1, -0.05) is 27.7 Å². The lowest BCUT2D eigenvalue weighted by molar-refractivity contribution is -0.279. The van der Waals surface area contributed by atoms with Crippen LogP contribution in [0.4, 0.5) is 4.79 Å². The summed E-state index contributed by atoms with van der Waals surface area (Å²) in [5.74, 6) is 0. The van der Waals surface area contributed by atoms with Crippen molar-refractivity contribution in [3.05, 3.63) is 0 Å². The van der Waals surface area contributed by atoms with E-state index in [0.717, 1.165) is 7.11 Å². The van der Waals surface area contributed by atoms with E-state index in [2.05, 4.69) is 32.4 Å². The van der Waals surface area contributed by atoms with Crippen LogP contribution in [0.2, 0.25) is 0 Å². The van der Waals surface area contributed by atoms with Crippen LogP contribution in [0.25, 0.3) is 0 Å². The van der Waals surface area contributed by atoms with Crippen LogP contribution in [0.15, 0.2) is 0 Å². The van der Waals surface area contributed by atoms with Crippen LogP contribution in [0, 0.1) is 0 Å². The van der Waals surface area contributed by atoms with E-state index >= 15 is 0 Å². The first-order valence-corrected chi connectivity index (χ1v) is 9.64. The zero-order chi connectivity index (χ0) is 14.4. The second-order valence-electron chi connectivity index (χ2n) is 4.69. The van der Waals surface area contributed by atoms with Gasteiger partial charge in [0.2, 0.25) is 0 Å².